The molecule has 0 bridgehead atoms. The van der Waals surface area contributed by atoms with Crippen LogP contribution in [0.25, 0.3) is 0 Å². The molecule has 1 aromatic carbocycles. The third-order valence-corrected chi connectivity index (χ3v) is 5.99. The number of carbonyl (C=O) groups excluding carboxylic acids is 1. The van der Waals surface area contributed by atoms with Crippen LogP contribution in [0.2, 0.25) is 0 Å². The fourth-order valence-electron chi connectivity index (χ4n) is 3.95. The molecule has 0 radical (unpaired) electrons. The molecule has 1 aliphatic carbocycles. The van der Waals surface area contributed by atoms with Crippen molar-refractivity contribution in [2.75, 3.05) is 19.1 Å². The van der Waals surface area contributed by atoms with Crippen LogP contribution >= 0.6 is 11.6 Å². The summed E-state index contributed by atoms with van der Waals surface area (Å²) in [5.74, 6) is 0.667. The molecule has 0 amide bonds. The molecule has 1 fully saturated rings. The Morgan fingerprint density at radius 3 is 2.10 bits per heavy atom. The van der Waals surface area contributed by atoms with Crippen LogP contribution in [0, 0.1) is 5.92 Å². The molecule has 1 aromatic rings. The van der Waals surface area contributed by atoms with Gasteiger partial charge in [0, 0.05) is 5.88 Å². The summed E-state index contributed by atoms with van der Waals surface area (Å²) < 4.78 is 10.9. The first-order valence-corrected chi connectivity index (χ1v) is 11.8. The van der Waals surface area contributed by atoms with Crippen LogP contribution < -0.4 is 4.74 Å². The Labute approximate surface area is 185 Å². The average Bonchev–Trinajstić information content (AvgIpc) is 2.76. The molecule has 6 heteroatoms. The first-order valence-electron chi connectivity index (χ1n) is 11.3. The summed E-state index contributed by atoms with van der Waals surface area (Å²) >= 11 is 5.48. The summed E-state index contributed by atoms with van der Waals surface area (Å²) in [6, 6.07) is 8.32. The van der Waals surface area contributed by atoms with Crippen LogP contribution in [0.4, 0.5) is 0 Å². The van der Waals surface area contributed by atoms with E-state index in [0.717, 1.165) is 76.6 Å². The van der Waals surface area contributed by atoms with Gasteiger partial charge in [-0.15, -0.1) is 11.6 Å². The number of benzene rings is 1. The molecule has 2 rings (SSSR count). The van der Waals surface area contributed by atoms with E-state index < -0.39 is 5.97 Å². The summed E-state index contributed by atoms with van der Waals surface area (Å²) in [6.45, 7) is 1.22. The number of esters is 1. The van der Waals surface area contributed by atoms with Gasteiger partial charge >= 0.3 is 11.9 Å². The summed E-state index contributed by atoms with van der Waals surface area (Å²) in [5, 5.41) is 9.11. The van der Waals surface area contributed by atoms with Gasteiger partial charge in [0.2, 0.25) is 0 Å². The number of rotatable bonds is 14. The lowest BCUT2D eigenvalue weighted by molar-refractivity contribution is -0.144. The molecule has 0 saturated heterocycles. The number of carboxylic acid groups (broad SMARTS) is 1. The minimum absolute atomic E-state index is 0.164. The van der Waals surface area contributed by atoms with Crippen molar-refractivity contribution < 1.29 is 24.2 Å². The monoisotopic (exact) mass is 438 g/mol. The number of carboxylic acids is 1. The van der Waals surface area contributed by atoms with Gasteiger partial charge < -0.3 is 14.6 Å². The van der Waals surface area contributed by atoms with Crippen molar-refractivity contribution in [1.82, 2.24) is 0 Å². The SMILES string of the molecule is O=C(CCCl)OCCCCCCCCOc1ccc(C2CCC(C(=O)O)CC2)cc1. The highest BCUT2D eigenvalue weighted by atomic mass is 35.5. The highest BCUT2D eigenvalue weighted by Gasteiger charge is 2.26. The van der Waals surface area contributed by atoms with Gasteiger partial charge in [-0.3, -0.25) is 9.59 Å². The molecule has 0 aromatic heterocycles. The van der Waals surface area contributed by atoms with Gasteiger partial charge in [0.1, 0.15) is 5.75 Å². The standard InChI is InChI=1S/C24H35ClO5/c25-16-15-23(26)30-18-6-4-2-1-3-5-17-29-22-13-11-20(12-14-22)19-7-9-21(10-8-19)24(27)28/h11-14,19,21H,1-10,15-18H2,(H,27,28). The van der Waals surface area contributed by atoms with Gasteiger partial charge in [-0.25, -0.2) is 0 Å². The van der Waals surface area contributed by atoms with Crippen LogP contribution in [0.15, 0.2) is 24.3 Å². The number of unbranched alkanes of at least 4 members (excludes halogenated alkanes) is 5. The van der Waals surface area contributed by atoms with Crippen molar-refractivity contribution in [2.45, 2.75) is 76.5 Å². The first kappa shape index (κ1) is 24.5. The fraction of sp³-hybridized carbons (Fsp3) is 0.667. The van der Waals surface area contributed by atoms with E-state index >= 15 is 0 Å². The van der Waals surface area contributed by atoms with E-state index in [1.54, 1.807) is 0 Å². The molecule has 5 nitrogen and oxygen atoms in total. The van der Waals surface area contributed by atoms with Crippen LogP contribution in [0.3, 0.4) is 0 Å². The number of alkyl halides is 1. The lowest BCUT2D eigenvalue weighted by atomic mass is 9.79. The fourth-order valence-corrected chi connectivity index (χ4v) is 4.10. The topological polar surface area (TPSA) is 72.8 Å². The molecule has 1 saturated carbocycles. The second-order valence-electron chi connectivity index (χ2n) is 8.09. The van der Waals surface area contributed by atoms with E-state index in [0.29, 0.717) is 18.4 Å². The van der Waals surface area contributed by atoms with Crippen LogP contribution in [-0.2, 0) is 14.3 Å². The van der Waals surface area contributed by atoms with E-state index in [2.05, 4.69) is 12.1 Å². The summed E-state index contributed by atoms with van der Waals surface area (Å²) in [4.78, 5) is 22.2. The van der Waals surface area contributed by atoms with Gasteiger partial charge in [-0.1, -0.05) is 37.8 Å². The maximum absolute atomic E-state index is 11.2. The minimum atomic E-state index is -0.652. The second kappa shape index (κ2) is 14.3. The van der Waals surface area contributed by atoms with Crippen molar-refractivity contribution in [1.29, 1.82) is 0 Å². The lowest BCUT2D eigenvalue weighted by Gasteiger charge is -2.26. The molecule has 0 atom stereocenters. The summed E-state index contributed by atoms with van der Waals surface area (Å²) in [5.41, 5.74) is 1.29. The number of hydrogen-bond donors (Lipinski definition) is 1. The highest BCUT2D eigenvalue weighted by Crippen LogP contribution is 2.36. The zero-order valence-electron chi connectivity index (χ0n) is 17.8. The maximum atomic E-state index is 11.2. The molecule has 0 heterocycles. The zero-order chi connectivity index (χ0) is 21.6. The molecule has 0 unspecified atom stereocenters. The van der Waals surface area contributed by atoms with Crippen molar-refractivity contribution >= 4 is 23.5 Å². The van der Waals surface area contributed by atoms with Crippen molar-refractivity contribution in [3.05, 3.63) is 29.8 Å². The Balaban J connectivity index is 1.49. The molecule has 168 valence electrons. The van der Waals surface area contributed by atoms with Crippen molar-refractivity contribution in [3.8, 4) is 5.75 Å². The zero-order valence-corrected chi connectivity index (χ0v) is 18.6. The van der Waals surface area contributed by atoms with Gasteiger partial charge in [0.15, 0.2) is 0 Å². The Kier molecular flexibility index (Phi) is 11.7. The molecule has 30 heavy (non-hydrogen) atoms. The summed E-state index contributed by atoms with van der Waals surface area (Å²) in [6.07, 6.45) is 10.2. The third-order valence-electron chi connectivity index (χ3n) is 5.80. The van der Waals surface area contributed by atoms with Crippen LogP contribution in [-0.4, -0.2) is 36.1 Å². The maximum Gasteiger partial charge on any atom is 0.306 e. The van der Waals surface area contributed by atoms with E-state index in [-0.39, 0.29) is 18.3 Å². The largest absolute Gasteiger partial charge is 0.494 e. The molecule has 1 aliphatic rings. The van der Waals surface area contributed by atoms with E-state index in [9.17, 15) is 9.59 Å². The number of ether oxygens (including phenoxy) is 2. The molecule has 0 spiro atoms. The second-order valence-corrected chi connectivity index (χ2v) is 8.46. The quantitative estimate of drug-likeness (QED) is 0.221. The van der Waals surface area contributed by atoms with Gasteiger partial charge in [-0.2, -0.15) is 0 Å². The van der Waals surface area contributed by atoms with E-state index in [1.165, 1.54) is 5.56 Å². The van der Waals surface area contributed by atoms with Crippen LogP contribution in [0.1, 0.15) is 82.1 Å². The molecular formula is C24H35ClO5. The van der Waals surface area contributed by atoms with E-state index in [4.69, 9.17) is 26.2 Å². The Morgan fingerprint density at radius 2 is 1.50 bits per heavy atom. The Hall–Kier alpha value is -1.75. The lowest BCUT2D eigenvalue weighted by Crippen LogP contribution is -2.20. The summed E-state index contributed by atoms with van der Waals surface area (Å²) in [7, 11) is 0. The normalized spacial score (nSPS) is 18.7. The van der Waals surface area contributed by atoms with Gasteiger partial charge in [-0.05, 0) is 62.1 Å². The number of aliphatic carboxylic acids is 1. The molecule has 0 aliphatic heterocycles. The number of carbonyl (C=O) groups is 2. The van der Waals surface area contributed by atoms with Gasteiger partial charge in [0.25, 0.3) is 0 Å². The average molecular weight is 439 g/mol. The molecular weight excluding hydrogens is 404 g/mol. The number of halogens is 1. The Morgan fingerprint density at radius 1 is 0.900 bits per heavy atom. The van der Waals surface area contributed by atoms with Crippen LogP contribution in [0.5, 0.6) is 5.75 Å². The third kappa shape index (κ3) is 9.38. The first-order chi connectivity index (χ1) is 14.6. The predicted molar refractivity (Wildman–Crippen MR) is 118 cm³/mol. The van der Waals surface area contributed by atoms with E-state index in [1.807, 2.05) is 12.1 Å². The molecule has 1 N–H and O–H groups in total. The van der Waals surface area contributed by atoms with Crippen molar-refractivity contribution in [3.63, 3.8) is 0 Å². The van der Waals surface area contributed by atoms with Crippen molar-refractivity contribution in [2.24, 2.45) is 5.92 Å². The van der Waals surface area contributed by atoms with Gasteiger partial charge in [0.05, 0.1) is 25.6 Å². The smallest absolute Gasteiger partial charge is 0.306 e. The predicted octanol–water partition coefficient (Wildman–Crippen LogP) is 5.94. The minimum Gasteiger partial charge on any atom is -0.494 e. The highest BCUT2D eigenvalue weighted by molar-refractivity contribution is 6.18. The Bertz CT molecular complexity index is 623. The number of hydrogen-bond acceptors (Lipinski definition) is 4.